The molecule has 0 saturated heterocycles. The van der Waals surface area contributed by atoms with E-state index in [1.54, 1.807) is 0 Å². The lowest BCUT2D eigenvalue weighted by molar-refractivity contribution is 0.101. The summed E-state index contributed by atoms with van der Waals surface area (Å²) in [6, 6.07) is 5.58. The van der Waals surface area contributed by atoms with E-state index in [1.165, 1.54) is 29.6 Å². The summed E-state index contributed by atoms with van der Waals surface area (Å²) < 4.78 is 21.9. The van der Waals surface area contributed by atoms with Crippen LogP contribution < -0.4 is 0 Å². The Balaban J connectivity index is 2.09. The highest BCUT2D eigenvalue weighted by atomic mass is 32.1. The molecule has 3 rings (SSSR count). The van der Waals surface area contributed by atoms with E-state index in [4.69, 9.17) is 4.42 Å². The Bertz CT molecular complexity index is 691. The molecule has 4 nitrogen and oxygen atoms in total. The number of ketones is 1. The van der Waals surface area contributed by atoms with Crippen LogP contribution in [0.25, 0.3) is 11.0 Å². The van der Waals surface area contributed by atoms with E-state index in [2.05, 4.69) is 9.59 Å². The van der Waals surface area contributed by atoms with E-state index >= 15 is 0 Å². The van der Waals surface area contributed by atoms with Crippen molar-refractivity contribution in [3.63, 3.8) is 0 Å². The van der Waals surface area contributed by atoms with E-state index in [9.17, 15) is 9.18 Å². The van der Waals surface area contributed by atoms with Crippen molar-refractivity contribution in [1.29, 1.82) is 0 Å². The minimum absolute atomic E-state index is 0.137. The number of nitrogens with zero attached hydrogens (tertiary/aromatic N) is 2. The van der Waals surface area contributed by atoms with Gasteiger partial charge in [-0.15, -0.1) is 5.10 Å². The summed E-state index contributed by atoms with van der Waals surface area (Å²) in [5.74, 6) is -0.582. The van der Waals surface area contributed by atoms with Gasteiger partial charge in [0.1, 0.15) is 17.1 Å². The molecule has 84 valence electrons. The first-order valence-electron chi connectivity index (χ1n) is 4.75. The maximum Gasteiger partial charge on any atom is 0.249 e. The average Bonchev–Trinajstić information content (AvgIpc) is 2.96. The molecule has 0 amide bonds. The average molecular weight is 248 g/mol. The first-order chi connectivity index (χ1) is 8.24. The number of rotatable bonds is 2. The van der Waals surface area contributed by atoms with Crippen LogP contribution in [0.4, 0.5) is 4.39 Å². The van der Waals surface area contributed by atoms with Gasteiger partial charge < -0.3 is 4.42 Å². The van der Waals surface area contributed by atoms with Gasteiger partial charge in [0.05, 0.1) is 0 Å². The van der Waals surface area contributed by atoms with Gasteiger partial charge in [-0.25, -0.2) is 4.39 Å². The monoisotopic (exact) mass is 248 g/mol. The summed E-state index contributed by atoms with van der Waals surface area (Å²) in [6.45, 7) is 0. The normalized spacial score (nSPS) is 10.9. The molecule has 0 aliphatic rings. The number of aromatic nitrogens is 2. The number of hydrogen-bond acceptors (Lipinski definition) is 5. The summed E-state index contributed by atoms with van der Waals surface area (Å²) in [5.41, 5.74) is 0.701. The third-order valence-electron chi connectivity index (χ3n) is 2.29. The fourth-order valence-corrected chi connectivity index (χ4v) is 1.95. The third kappa shape index (κ3) is 1.72. The molecule has 3 aromatic rings. The molecule has 1 aromatic carbocycles. The fraction of sp³-hybridized carbons (Fsp3) is 0. The van der Waals surface area contributed by atoms with Crippen molar-refractivity contribution < 1.29 is 13.6 Å². The summed E-state index contributed by atoms with van der Waals surface area (Å²) in [6.07, 6.45) is 0. The highest BCUT2D eigenvalue weighted by Crippen LogP contribution is 2.22. The van der Waals surface area contributed by atoms with Crippen LogP contribution in [0.5, 0.6) is 0 Å². The van der Waals surface area contributed by atoms with Crippen molar-refractivity contribution in [3.8, 4) is 0 Å². The van der Waals surface area contributed by atoms with Crippen LogP contribution in [0, 0.1) is 5.82 Å². The van der Waals surface area contributed by atoms with Gasteiger partial charge in [0.2, 0.25) is 5.78 Å². The Morgan fingerprint density at radius 1 is 1.35 bits per heavy atom. The van der Waals surface area contributed by atoms with Crippen LogP contribution in [0.3, 0.4) is 0 Å². The van der Waals surface area contributed by atoms with Gasteiger partial charge in [0.15, 0.2) is 5.76 Å². The molecule has 6 heteroatoms. The SMILES string of the molecule is O=C(c1csnn1)c1cc2cc(F)ccc2o1. The van der Waals surface area contributed by atoms with Crippen molar-refractivity contribution in [1.82, 2.24) is 9.59 Å². The molecule has 0 bridgehead atoms. The van der Waals surface area contributed by atoms with Crippen LogP contribution in [0.1, 0.15) is 16.2 Å². The number of carbonyl (C=O) groups is 1. The van der Waals surface area contributed by atoms with Crippen LogP contribution in [0.15, 0.2) is 34.1 Å². The predicted octanol–water partition coefficient (Wildman–Crippen LogP) is 2.65. The van der Waals surface area contributed by atoms with Crippen LogP contribution in [-0.2, 0) is 0 Å². The third-order valence-corrected chi connectivity index (χ3v) is 2.80. The molecule has 0 fully saturated rings. The van der Waals surface area contributed by atoms with Gasteiger partial charge in [-0.2, -0.15) is 0 Å². The van der Waals surface area contributed by atoms with Crippen LogP contribution in [-0.4, -0.2) is 15.4 Å². The number of furan rings is 1. The molecule has 0 atom stereocenters. The summed E-state index contributed by atoms with van der Waals surface area (Å²) in [5, 5.41) is 5.76. The fourth-order valence-electron chi connectivity index (χ4n) is 1.52. The quantitative estimate of drug-likeness (QED) is 0.654. The number of carbonyl (C=O) groups excluding carboxylic acids is 1. The topological polar surface area (TPSA) is 56.0 Å². The Morgan fingerprint density at radius 3 is 3.00 bits per heavy atom. The molecule has 0 radical (unpaired) electrons. The van der Waals surface area contributed by atoms with E-state index in [0.717, 1.165) is 11.5 Å². The lowest BCUT2D eigenvalue weighted by Crippen LogP contribution is -1.99. The number of halogens is 1. The van der Waals surface area contributed by atoms with E-state index in [1.807, 2.05) is 0 Å². The van der Waals surface area contributed by atoms with Crippen LogP contribution in [0.2, 0.25) is 0 Å². The highest BCUT2D eigenvalue weighted by Gasteiger charge is 2.17. The molecule has 2 aromatic heterocycles. The van der Waals surface area contributed by atoms with E-state index in [-0.39, 0.29) is 23.1 Å². The maximum absolute atomic E-state index is 13.0. The van der Waals surface area contributed by atoms with E-state index < -0.39 is 0 Å². The molecule has 0 aliphatic heterocycles. The summed E-state index contributed by atoms with van der Waals surface area (Å²) in [4.78, 5) is 11.9. The van der Waals surface area contributed by atoms with Gasteiger partial charge in [-0.3, -0.25) is 4.79 Å². The summed E-state index contributed by atoms with van der Waals surface area (Å²) >= 11 is 1.09. The molecule has 0 N–H and O–H groups in total. The Labute approximate surface area is 98.8 Å². The van der Waals surface area contributed by atoms with Gasteiger partial charge in [0, 0.05) is 10.8 Å². The van der Waals surface area contributed by atoms with Crippen molar-refractivity contribution in [2.75, 3.05) is 0 Å². The number of fused-ring (bicyclic) bond motifs is 1. The summed E-state index contributed by atoms with van der Waals surface area (Å²) in [7, 11) is 0. The zero-order valence-corrected chi connectivity index (χ0v) is 9.20. The number of hydrogen-bond donors (Lipinski definition) is 0. The molecular weight excluding hydrogens is 243 g/mol. The first kappa shape index (κ1) is 10.1. The lowest BCUT2D eigenvalue weighted by atomic mass is 10.2. The van der Waals surface area contributed by atoms with Gasteiger partial charge in [-0.05, 0) is 35.8 Å². The lowest BCUT2D eigenvalue weighted by Gasteiger charge is -1.88. The second-order valence-corrected chi connectivity index (χ2v) is 4.02. The molecule has 0 spiro atoms. The van der Waals surface area contributed by atoms with Gasteiger partial charge >= 0.3 is 0 Å². The Morgan fingerprint density at radius 2 is 2.24 bits per heavy atom. The zero-order valence-electron chi connectivity index (χ0n) is 8.38. The molecule has 0 aliphatic carbocycles. The predicted molar refractivity (Wildman–Crippen MR) is 59.5 cm³/mol. The van der Waals surface area contributed by atoms with E-state index in [0.29, 0.717) is 11.0 Å². The van der Waals surface area contributed by atoms with Gasteiger partial charge in [0.25, 0.3) is 0 Å². The van der Waals surface area contributed by atoms with Gasteiger partial charge in [-0.1, -0.05) is 4.49 Å². The zero-order chi connectivity index (χ0) is 11.8. The largest absolute Gasteiger partial charge is 0.453 e. The second-order valence-electron chi connectivity index (χ2n) is 3.41. The first-order valence-corrected chi connectivity index (χ1v) is 5.58. The highest BCUT2D eigenvalue weighted by molar-refractivity contribution is 7.03. The van der Waals surface area contributed by atoms with Crippen molar-refractivity contribution in [2.24, 2.45) is 0 Å². The van der Waals surface area contributed by atoms with Crippen molar-refractivity contribution in [3.05, 3.63) is 46.9 Å². The smallest absolute Gasteiger partial charge is 0.249 e. The number of benzene rings is 1. The Kier molecular flexibility index (Phi) is 2.22. The molecular formula is C11H5FN2O2S. The van der Waals surface area contributed by atoms with Crippen molar-refractivity contribution in [2.45, 2.75) is 0 Å². The molecule has 0 unspecified atom stereocenters. The van der Waals surface area contributed by atoms with Crippen molar-refractivity contribution >= 4 is 28.3 Å². The minimum atomic E-state index is -0.368. The Hall–Kier alpha value is -2.08. The minimum Gasteiger partial charge on any atom is -0.453 e. The standard InChI is InChI=1S/C11H5FN2O2S/c12-7-1-2-9-6(3-7)4-10(16-9)11(15)8-5-17-14-13-8/h1-5H. The molecule has 0 saturated carbocycles. The maximum atomic E-state index is 13.0. The molecule has 17 heavy (non-hydrogen) atoms. The molecule has 2 heterocycles. The second kappa shape index (κ2) is 3.74. The van der Waals surface area contributed by atoms with Crippen LogP contribution >= 0.6 is 11.5 Å².